The molecule has 1 aromatic rings. The van der Waals surface area contributed by atoms with Gasteiger partial charge in [-0.3, -0.25) is 0 Å². The van der Waals surface area contributed by atoms with E-state index in [1.54, 1.807) is 0 Å². The monoisotopic (exact) mass is 261 g/mol. The van der Waals surface area contributed by atoms with E-state index in [1.165, 1.54) is 37.7 Å². The smallest absolute Gasteiger partial charge is 0.119 e. The SMILES string of the molecule is CCOc1cccc(C(N)C2CCCCC2CC)c1. The third kappa shape index (κ3) is 3.50. The van der Waals surface area contributed by atoms with Crippen molar-refractivity contribution in [3.8, 4) is 5.75 Å². The quantitative estimate of drug-likeness (QED) is 0.857. The fraction of sp³-hybridized carbons (Fsp3) is 0.647. The second kappa shape index (κ2) is 6.95. The number of benzene rings is 1. The van der Waals surface area contributed by atoms with Crippen molar-refractivity contribution >= 4 is 0 Å². The number of hydrogen-bond donors (Lipinski definition) is 1. The van der Waals surface area contributed by atoms with Crippen molar-refractivity contribution in [3.63, 3.8) is 0 Å². The maximum Gasteiger partial charge on any atom is 0.119 e. The minimum absolute atomic E-state index is 0.158. The first-order chi connectivity index (χ1) is 9.26. The molecular formula is C17H27NO. The summed E-state index contributed by atoms with van der Waals surface area (Å²) in [5.41, 5.74) is 7.78. The zero-order valence-corrected chi connectivity index (χ0v) is 12.3. The molecule has 1 aliphatic carbocycles. The Kier molecular flexibility index (Phi) is 5.26. The molecule has 1 fully saturated rings. The Balaban J connectivity index is 2.12. The van der Waals surface area contributed by atoms with Crippen molar-refractivity contribution in [1.82, 2.24) is 0 Å². The van der Waals surface area contributed by atoms with Crippen LogP contribution in [0.25, 0.3) is 0 Å². The van der Waals surface area contributed by atoms with Gasteiger partial charge in [-0.2, -0.15) is 0 Å². The summed E-state index contributed by atoms with van der Waals surface area (Å²) in [5.74, 6) is 2.37. The minimum Gasteiger partial charge on any atom is -0.494 e. The number of ether oxygens (including phenoxy) is 1. The van der Waals surface area contributed by atoms with Crippen molar-refractivity contribution in [1.29, 1.82) is 0 Å². The molecule has 0 aliphatic heterocycles. The lowest BCUT2D eigenvalue weighted by Gasteiger charge is -2.35. The summed E-state index contributed by atoms with van der Waals surface area (Å²) in [6, 6.07) is 8.50. The molecule has 0 heterocycles. The fourth-order valence-electron chi connectivity index (χ4n) is 3.44. The molecule has 19 heavy (non-hydrogen) atoms. The fourth-order valence-corrected chi connectivity index (χ4v) is 3.44. The van der Waals surface area contributed by atoms with Gasteiger partial charge in [0, 0.05) is 6.04 Å². The predicted octanol–water partition coefficient (Wildman–Crippen LogP) is 4.30. The summed E-state index contributed by atoms with van der Waals surface area (Å²) in [6.45, 7) is 5.02. The van der Waals surface area contributed by atoms with Gasteiger partial charge in [-0.15, -0.1) is 0 Å². The lowest BCUT2D eigenvalue weighted by atomic mass is 9.72. The molecule has 2 rings (SSSR count). The summed E-state index contributed by atoms with van der Waals surface area (Å²) in [5, 5.41) is 0. The molecule has 2 heteroatoms. The van der Waals surface area contributed by atoms with E-state index in [2.05, 4.69) is 25.1 Å². The van der Waals surface area contributed by atoms with Crippen LogP contribution in [0.15, 0.2) is 24.3 Å². The van der Waals surface area contributed by atoms with Crippen LogP contribution in [-0.2, 0) is 0 Å². The largest absolute Gasteiger partial charge is 0.494 e. The highest BCUT2D eigenvalue weighted by molar-refractivity contribution is 5.31. The highest BCUT2D eigenvalue weighted by Crippen LogP contribution is 2.39. The van der Waals surface area contributed by atoms with Crippen molar-refractivity contribution in [2.45, 2.75) is 52.0 Å². The lowest BCUT2D eigenvalue weighted by Crippen LogP contribution is -2.30. The Bertz CT molecular complexity index is 391. The second-order valence-electron chi connectivity index (χ2n) is 5.65. The predicted molar refractivity (Wildman–Crippen MR) is 80.3 cm³/mol. The molecule has 1 saturated carbocycles. The topological polar surface area (TPSA) is 35.2 Å². The summed E-state index contributed by atoms with van der Waals surface area (Å²) < 4.78 is 5.58. The van der Waals surface area contributed by atoms with Crippen LogP contribution < -0.4 is 10.5 Å². The van der Waals surface area contributed by atoms with Gasteiger partial charge in [0.25, 0.3) is 0 Å². The molecule has 3 atom stereocenters. The first-order valence-corrected chi connectivity index (χ1v) is 7.74. The number of nitrogens with two attached hydrogens (primary N) is 1. The van der Waals surface area contributed by atoms with Gasteiger partial charge in [-0.05, 0) is 42.9 Å². The van der Waals surface area contributed by atoms with E-state index in [0.29, 0.717) is 12.5 Å². The Morgan fingerprint density at radius 2 is 2.05 bits per heavy atom. The molecular weight excluding hydrogens is 234 g/mol. The molecule has 0 spiro atoms. The van der Waals surface area contributed by atoms with E-state index in [4.69, 9.17) is 10.5 Å². The Morgan fingerprint density at radius 3 is 2.79 bits per heavy atom. The van der Waals surface area contributed by atoms with Crippen LogP contribution in [0.3, 0.4) is 0 Å². The maximum absolute atomic E-state index is 6.55. The van der Waals surface area contributed by atoms with E-state index < -0.39 is 0 Å². The zero-order chi connectivity index (χ0) is 13.7. The third-order valence-corrected chi connectivity index (χ3v) is 4.51. The molecule has 2 nitrogen and oxygen atoms in total. The van der Waals surface area contributed by atoms with Crippen molar-refractivity contribution in [2.75, 3.05) is 6.61 Å². The normalized spacial score (nSPS) is 25.0. The summed E-state index contributed by atoms with van der Waals surface area (Å²) in [6.07, 6.45) is 6.59. The van der Waals surface area contributed by atoms with Crippen LogP contribution in [-0.4, -0.2) is 6.61 Å². The van der Waals surface area contributed by atoms with Gasteiger partial charge in [0.2, 0.25) is 0 Å². The van der Waals surface area contributed by atoms with Crippen LogP contribution in [0, 0.1) is 11.8 Å². The average molecular weight is 261 g/mol. The highest BCUT2D eigenvalue weighted by Gasteiger charge is 2.29. The minimum atomic E-state index is 0.158. The first-order valence-electron chi connectivity index (χ1n) is 7.74. The molecule has 2 N–H and O–H groups in total. The number of hydrogen-bond acceptors (Lipinski definition) is 2. The van der Waals surface area contributed by atoms with E-state index in [9.17, 15) is 0 Å². The van der Waals surface area contributed by atoms with Crippen LogP contribution in [0.1, 0.15) is 57.6 Å². The zero-order valence-electron chi connectivity index (χ0n) is 12.3. The van der Waals surface area contributed by atoms with Crippen molar-refractivity contribution < 1.29 is 4.74 Å². The standard InChI is InChI=1S/C17H27NO/c1-3-13-8-5-6-11-16(13)17(18)14-9-7-10-15(12-14)19-4-2/h7,9-10,12-13,16-17H,3-6,8,11,18H2,1-2H3. The van der Waals surface area contributed by atoms with Crippen LogP contribution in [0.4, 0.5) is 0 Å². The molecule has 1 aliphatic rings. The van der Waals surface area contributed by atoms with E-state index in [1.807, 2.05) is 13.0 Å². The molecule has 0 amide bonds. The number of rotatable bonds is 5. The van der Waals surface area contributed by atoms with Crippen molar-refractivity contribution in [2.24, 2.45) is 17.6 Å². The van der Waals surface area contributed by atoms with Gasteiger partial charge in [-0.1, -0.05) is 44.7 Å². The molecule has 0 saturated heterocycles. The molecule has 1 aromatic carbocycles. The van der Waals surface area contributed by atoms with Crippen LogP contribution in [0.5, 0.6) is 5.75 Å². The van der Waals surface area contributed by atoms with Gasteiger partial charge >= 0.3 is 0 Å². The van der Waals surface area contributed by atoms with Gasteiger partial charge in [0.05, 0.1) is 6.61 Å². The maximum atomic E-state index is 6.55. The Morgan fingerprint density at radius 1 is 1.26 bits per heavy atom. The lowest BCUT2D eigenvalue weighted by molar-refractivity contribution is 0.196. The Hall–Kier alpha value is -1.02. The third-order valence-electron chi connectivity index (χ3n) is 4.51. The summed E-state index contributed by atoms with van der Waals surface area (Å²) >= 11 is 0. The van der Waals surface area contributed by atoms with Gasteiger partial charge in [-0.25, -0.2) is 0 Å². The molecule has 3 unspecified atom stereocenters. The first kappa shape index (κ1) is 14.4. The molecule has 0 radical (unpaired) electrons. The van der Waals surface area contributed by atoms with E-state index >= 15 is 0 Å². The van der Waals surface area contributed by atoms with Gasteiger partial charge in [0.15, 0.2) is 0 Å². The Labute approximate surface area is 117 Å². The average Bonchev–Trinajstić information content (AvgIpc) is 2.47. The van der Waals surface area contributed by atoms with E-state index in [0.717, 1.165) is 11.7 Å². The summed E-state index contributed by atoms with van der Waals surface area (Å²) in [4.78, 5) is 0. The highest BCUT2D eigenvalue weighted by atomic mass is 16.5. The van der Waals surface area contributed by atoms with Gasteiger partial charge < -0.3 is 10.5 Å². The van der Waals surface area contributed by atoms with Crippen LogP contribution >= 0.6 is 0 Å². The second-order valence-corrected chi connectivity index (χ2v) is 5.65. The van der Waals surface area contributed by atoms with Gasteiger partial charge in [0.1, 0.15) is 5.75 Å². The molecule has 106 valence electrons. The van der Waals surface area contributed by atoms with Crippen LogP contribution in [0.2, 0.25) is 0 Å². The van der Waals surface area contributed by atoms with E-state index in [-0.39, 0.29) is 6.04 Å². The van der Waals surface area contributed by atoms with Crippen molar-refractivity contribution in [3.05, 3.63) is 29.8 Å². The molecule has 0 bridgehead atoms. The summed E-state index contributed by atoms with van der Waals surface area (Å²) in [7, 11) is 0. The molecule has 0 aromatic heterocycles.